The number of aryl methyl sites for hydroxylation is 2. The Kier molecular flexibility index (Phi) is 4.78. The highest BCUT2D eigenvalue weighted by molar-refractivity contribution is 5.95. The van der Waals surface area contributed by atoms with E-state index in [2.05, 4.69) is 16.3 Å². The maximum Gasteiger partial charge on any atom is 0.255 e. The molecule has 5 heteroatoms. The second kappa shape index (κ2) is 6.10. The van der Waals surface area contributed by atoms with E-state index in [9.17, 15) is 4.79 Å². The van der Waals surface area contributed by atoms with Crippen LogP contribution in [0.3, 0.4) is 0 Å². The molecule has 0 saturated carbocycles. The van der Waals surface area contributed by atoms with Crippen molar-refractivity contribution >= 4 is 5.91 Å². The van der Waals surface area contributed by atoms with Crippen molar-refractivity contribution in [3.05, 3.63) is 23.0 Å². The van der Waals surface area contributed by atoms with Crippen molar-refractivity contribution in [2.24, 2.45) is 5.92 Å². The summed E-state index contributed by atoms with van der Waals surface area (Å²) in [5, 5.41) is 16.8. The van der Waals surface area contributed by atoms with E-state index in [0.29, 0.717) is 24.2 Å². The Morgan fingerprint density at radius 1 is 1.56 bits per heavy atom. The molecule has 0 bridgehead atoms. The van der Waals surface area contributed by atoms with Crippen LogP contribution in [0.2, 0.25) is 0 Å². The van der Waals surface area contributed by atoms with Gasteiger partial charge in [-0.2, -0.15) is 15.5 Å². The lowest BCUT2D eigenvalue weighted by Crippen LogP contribution is -2.31. The molecule has 0 aliphatic rings. The fourth-order valence-electron chi connectivity index (χ4n) is 1.70. The van der Waals surface area contributed by atoms with Gasteiger partial charge in [0.25, 0.3) is 5.91 Å². The molecular weight excluding hydrogens is 228 g/mol. The smallest absolute Gasteiger partial charge is 0.255 e. The minimum absolute atomic E-state index is 0.105. The molecule has 0 aliphatic carbocycles. The number of carbonyl (C=O) groups is 1. The molecule has 0 N–H and O–H groups in total. The Bertz CT molecular complexity index is 478. The number of amides is 1. The van der Waals surface area contributed by atoms with E-state index < -0.39 is 0 Å². The second-order valence-corrected chi connectivity index (χ2v) is 4.42. The van der Waals surface area contributed by atoms with Crippen LogP contribution in [0.25, 0.3) is 0 Å². The summed E-state index contributed by atoms with van der Waals surface area (Å²) < 4.78 is 0. The highest BCUT2D eigenvalue weighted by Gasteiger charge is 2.18. The Morgan fingerprint density at radius 2 is 2.22 bits per heavy atom. The molecule has 1 aromatic heterocycles. The number of carbonyl (C=O) groups excluding carboxylic acids is 1. The fourth-order valence-corrected chi connectivity index (χ4v) is 1.70. The van der Waals surface area contributed by atoms with E-state index in [-0.39, 0.29) is 11.8 Å². The summed E-state index contributed by atoms with van der Waals surface area (Å²) in [7, 11) is 1.70. The molecule has 1 amide bonds. The van der Waals surface area contributed by atoms with Gasteiger partial charge in [0, 0.05) is 13.6 Å². The predicted molar refractivity (Wildman–Crippen MR) is 67.9 cm³/mol. The van der Waals surface area contributed by atoms with Gasteiger partial charge in [0.15, 0.2) is 0 Å². The number of nitriles is 1. The van der Waals surface area contributed by atoms with Crippen LogP contribution in [0.4, 0.5) is 0 Å². The fraction of sp³-hybridized carbons (Fsp3) is 0.538. The molecule has 0 aromatic carbocycles. The lowest BCUT2D eigenvalue weighted by atomic mass is 10.1. The van der Waals surface area contributed by atoms with Gasteiger partial charge < -0.3 is 4.90 Å². The van der Waals surface area contributed by atoms with Crippen LogP contribution in [-0.4, -0.2) is 34.6 Å². The lowest BCUT2D eigenvalue weighted by molar-refractivity contribution is 0.0783. The molecule has 1 heterocycles. The van der Waals surface area contributed by atoms with Crippen molar-refractivity contribution in [1.82, 2.24) is 15.1 Å². The molecule has 1 aromatic rings. The van der Waals surface area contributed by atoms with Crippen molar-refractivity contribution in [3.63, 3.8) is 0 Å². The topological polar surface area (TPSA) is 69.9 Å². The lowest BCUT2D eigenvalue weighted by Gasteiger charge is -2.19. The van der Waals surface area contributed by atoms with Crippen molar-refractivity contribution < 1.29 is 4.79 Å². The van der Waals surface area contributed by atoms with Crippen molar-refractivity contribution in [2.45, 2.75) is 27.2 Å². The number of rotatable bonds is 4. The molecule has 0 saturated heterocycles. The van der Waals surface area contributed by atoms with Gasteiger partial charge >= 0.3 is 0 Å². The average molecular weight is 246 g/mol. The van der Waals surface area contributed by atoms with Gasteiger partial charge in [0.1, 0.15) is 0 Å². The number of aromatic nitrogens is 2. The summed E-state index contributed by atoms with van der Waals surface area (Å²) in [6, 6.07) is 3.87. The monoisotopic (exact) mass is 246 g/mol. The molecule has 1 rings (SSSR count). The first kappa shape index (κ1) is 14.1. The van der Waals surface area contributed by atoms with Crippen LogP contribution in [0, 0.1) is 24.2 Å². The first-order chi connectivity index (χ1) is 8.49. The van der Waals surface area contributed by atoms with Gasteiger partial charge in [-0.25, -0.2) is 0 Å². The van der Waals surface area contributed by atoms with Crippen LogP contribution < -0.4 is 0 Å². The standard InChI is InChI=1S/C13H18N4O/c1-5-12-11(6-10(3)15-16-12)13(18)17(4)8-9(2)7-14/h6,9H,5,8H2,1-4H3. The summed E-state index contributed by atoms with van der Waals surface area (Å²) in [5.41, 5.74) is 2.00. The Hall–Kier alpha value is -1.96. The molecule has 18 heavy (non-hydrogen) atoms. The van der Waals surface area contributed by atoms with Crippen LogP contribution in [0.5, 0.6) is 0 Å². The first-order valence-corrected chi connectivity index (χ1v) is 5.97. The van der Waals surface area contributed by atoms with Crippen molar-refractivity contribution in [2.75, 3.05) is 13.6 Å². The summed E-state index contributed by atoms with van der Waals surface area (Å²) in [4.78, 5) is 13.8. The number of nitrogens with zero attached hydrogens (tertiary/aromatic N) is 4. The Labute approximate surface area is 107 Å². The van der Waals surface area contributed by atoms with Gasteiger partial charge in [-0.05, 0) is 26.3 Å². The van der Waals surface area contributed by atoms with E-state index in [0.717, 1.165) is 5.69 Å². The van der Waals surface area contributed by atoms with E-state index in [1.165, 1.54) is 0 Å². The molecule has 96 valence electrons. The SMILES string of the molecule is CCc1nnc(C)cc1C(=O)N(C)CC(C)C#N. The predicted octanol–water partition coefficient (Wildman–Crippen LogP) is 1.58. The van der Waals surface area contributed by atoms with Crippen LogP contribution in [0.1, 0.15) is 35.6 Å². The molecule has 5 nitrogen and oxygen atoms in total. The van der Waals surface area contributed by atoms with E-state index in [4.69, 9.17) is 5.26 Å². The zero-order valence-electron chi connectivity index (χ0n) is 11.3. The van der Waals surface area contributed by atoms with Gasteiger partial charge in [-0.15, -0.1) is 0 Å². The van der Waals surface area contributed by atoms with Crippen LogP contribution >= 0.6 is 0 Å². The largest absolute Gasteiger partial charge is 0.340 e. The number of hydrogen-bond donors (Lipinski definition) is 0. The normalized spacial score (nSPS) is 11.7. The summed E-state index contributed by atoms with van der Waals surface area (Å²) >= 11 is 0. The van der Waals surface area contributed by atoms with Crippen LogP contribution in [-0.2, 0) is 6.42 Å². The van der Waals surface area contributed by atoms with Gasteiger partial charge in [-0.3, -0.25) is 4.79 Å². The third kappa shape index (κ3) is 3.27. The van der Waals surface area contributed by atoms with Crippen LogP contribution in [0.15, 0.2) is 6.07 Å². The summed E-state index contributed by atoms with van der Waals surface area (Å²) in [6.07, 6.45) is 0.663. The Balaban J connectivity index is 2.96. The van der Waals surface area contributed by atoms with Crippen molar-refractivity contribution in [1.29, 1.82) is 5.26 Å². The zero-order valence-corrected chi connectivity index (χ0v) is 11.3. The third-order valence-electron chi connectivity index (χ3n) is 2.67. The van der Waals surface area contributed by atoms with Crippen molar-refractivity contribution in [3.8, 4) is 6.07 Å². The molecule has 0 spiro atoms. The average Bonchev–Trinajstić information content (AvgIpc) is 2.37. The Morgan fingerprint density at radius 3 is 2.78 bits per heavy atom. The minimum atomic E-state index is -0.181. The second-order valence-electron chi connectivity index (χ2n) is 4.42. The van der Waals surface area contributed by atoms with E-state index in [1.807, 2.05) is 6.92 Å². The van der Waals surface area contributed by atoms with Gasteiger partial charge in [-0.1, -0.05) is 6.92 Å². The highest BCUT2D eigenvalue weighted by atomic mass is 16.2. The molecule has 0 radical (unpaired) electrons. The molecule has 0 fully saturated rings. The number of hydrogen-bond acceptors (Lipinski definition) is 4. The minimum Gasteiger partial charge on any atom is -0.340 e. The summed E-state index contributed by atoms with van der Waals surface area (Å²) in [6.45, 7) is 5.95. The maximum atomic E-state index is 12.3. The quantitative estimate of drug-likeness (QED) is 0.808. The molecule has 1 atom stereocenters. The van der Waals surface area contributed by atoms with E-state index in [1.54, 1.807) is 31.9 Å². The molecule has 1 unspecified atom stereocenters. The first-order valence-electron chi connectivity index (χ1n) is 5.97. The molecule has 0 aliphatic heterocycles. The zero-order chi connectivity index (χ0) is 13.7. The molecular formula is C13H18N4O. The third-order valence-corrected chi connectivity index (χ3v) is 2.67. The van der Waals surface area contributed by atoms with Gasteiger partial charge in [0.2, 0.25) is 0 Å². The maximum absolute atomic E-state index is 12.3. The van der Waals surface area contributed by atoms with Gasteiger partial charge in [0.05, 0.1) is 28.9 Å². The highest BCUT2D eigenvalue weighted by Crippen LogP contribution is 2.11. The van der Waals surface area contributed by atoms with E-state index >= 15 is 0 Å². The summed E-state index contributed by atoms with van der Waals surface area (Å²) in [5.74, 6) is -0.285.